The van der Waals surface area contributed by atoms with Crippen LogP contribution in [0, 0.1) is 0 Å². The van der Waals surface area contributed by atoms with Gasteiger partial charge in [0.2, 0.25) is 0 Å². The molecule has 0 aliphatic carbocycles. The average molecular weight is 145 g/mol. The molecule has 0 saturated carbocycles. The summed E-state index contributed by atoms with van der Waals surface area (Å²) in [7, 11) is 1.74. The molecule has 0 N–H and O–H groups in total. The Bertz CT molecular complexity index is 91.6. The van der Waals surface area contributed by atoms with E-state index in [-0.39, 0.29) is 6.23 Å². The van der Waals surface area contributed by atoms with E-state index in [0.717, 1.165) is 26.3 Å². The zero-order valence-electron chi connectivity index (χ0n) is 6.67. The Labute approximate surface area is 61.9 Å². The van der Waals surface area contributed by atoms with Crippen molar-refractivity contribution in [2.45, 2.75) is 13.2 Å². The number of rotatable bonds is 2. The molecule has 1 saturated heterocycles. The maximum absolute atomic E-state index is 5.20. The van der Waals surface area contributed by atoms with E-state index < -0.39 is 0 Å². The summed E-state index contributed by atoms with van der Waals surface area (Å²) in [6, 6.07) is 0. The molecule has 0 aromatic heterocycles. The van der Waals surface area contributed by atoms with Gasteiger partial charge in [-0.05, 0) is 6.92 Å². The number of hydrogen-bond donors (Lipinski definition) is 0. The van der Waals surface area contributed by atoms with Gasteiger partial charge in [0.15, 0.2) is 0 Å². The summed E-state index contributed by atoms with van der Waals surface area (Å²) >= 11 is 0. The van der Waals surface area contributed by atoms with Crippen molar-refractivity contribution < 1.29 is 9.47 Å². The molecule has 1 unspecified atom stereocenters. The Balaban J connectivity index is 2.24. The van der Waals surface area contributed by atoms with Crippen LogP contribution in [0.15, 0.2) is 0 Å². The lowest BCUT2D eigenvalue weighted by Crippen LogP contribution is -2.42. The first-order chi connectivity index (χ1) is 4.84. The minimum absolute atomic E-state index is 0.240. The highest BCUT2D eigenvalue weighted by Crippen LogP contribution is 2.02. The Hall–Kier alpha value is -0.120. The van der Waals surface area contributed by atoms with Crippen LogP contribution < -0.4 is 0 Å². The normalized spacial score (nSPS) is 24.6. The van der Waals surface area contributed by atoms with Crippen molar-refractivity contribution >= 4 is 0 Å². The van der Waals surface area contributed by atoms with E-state index in [0.29, 0.717) is 0 Å². The standard InChI is InChI=1S/C7H15NO2/c1-7(9-2)8-3-5-10-6-4-8/h7H,3-6H2,1-2H3. The highest BCUT2D eigenvalue weighted by Gasteiger charge is 2.15. The fraction of sp³-hybridized carbons (Fsp3) is 1.00. The number of methoxy groups -OCH3 is 1. The molecular formula is C7H15NO2. The molecule has 3 nitrogen and oxygen atoms in total. The fourth-order valence-corrected chi connectivity index (χ4v) is 1.09. The van der Waals surface area contributed by atoms with Crippen molar-refractivity contribution in [3.05, 3.63) is 0 Å². The summed E-state index contributed by atoms with van der Waals surface area (Å²) in [5.41, 5.74) is 0. The van der Waals surface area contributed by atoms with Gasteiger partial charge in [-0.2, -0.15) is 0 Å². The number of hydrogen-bond acceptors (Lipinski definition) is 3. The summed E-state index contributed by atoms with van der Waals surface area (Å²) in [6.45, 7) is 5.73. The van der Waals surface area contributed by atoms with Crippen LogP contribution in [0.3, 0.4) is 0 Å². The second-order valence-corrected chi connectivity index (χ2v) is 2.48. The van der Waals surface area contributed by atoms with Gasteiger partial charge in [-0.15, -0.1) is 0 Å². The summed E-state index contributed by atoms with van der Waals surface area (Å²) in [5.74, 6) is 0. The average Bonchev–Trinajstić information content (AvgIpc) is 2.05. The van der Waals surface area contributed by atoms with Gasteiger partial charge in [0.05, 0.1) is 13.2 Å². The quantitative estimate of drug-likeness (QED) is 0.558. The van der Waals surface area contributed by atoms with E-state index in [4.69, 9.17) is 9.47 Å². The molecule has 0 amide bonds. The Morgan fingerprint density at radius 1 is 1.40 bits per heavy atom. The van der Waals surface area contributed by atoms with Gasteiger partial charge in [-0.3, -0.25) is 4.90 Å². The van der Waals surface area contributed by atoms with Crippen LogP contribution in [0.4, 0.5) is 0 Å². The second kappa shape index (κ2) is 3.91. The Kier molecular flexibility index (Phi) is 3.12. The Morgan fingerprint density at radius 3 is 2.50 bits per heavy atom. The fourth-order valence-electron chi connectivity index (χ4n) is 1.09. The van der Waals surface area contributed by atoms with E-state index >= 15 is 0 Å². The first-order valence-corrected chi connectivity index (χ1v) is 3.69. The molecule has 1 aliphatic rings. The zero-order valence-corrected chi connectivity index (χ0v) is 6.67. The SMILES string of the molecule is COC(C)N1CCOCC1. The minimum atomic E-state index is 0.240. The lowest BCUT2D eigenvalue weighted by molar-refractivity contribution is -0.0689. The summed E-state index contributed by atoms with van der Waals surface area (Å²) in [5, 5.41) is 0. The van der Waals surface area contributed by atoms with Gasteiger partial charge in [-0.1, -0.05) is 0 Å². The smallest absolute Gasteiger partial charge is 0.107 e. The molecule has 0 aromatic rings. The first-order valence-electron chi connectivity index (χ1n) is 3.69. The first kappa shape index (κ1) is 7.98. The van der Waals surface area contributed by atoms with Crippen molar-refractivity contribution in [3.63, 3.8) is 0 Å². The third kappa shape index (κ3) is 1.94. The molecule has 1 aliphatic heterocycles. The minimum Gasteiger partial charge on any atom is -0.379 e. The molecule has 1 heterocycles. The Morgan fingerprint density at radius 2 is 2.00 bits per heavy atom. The van der Waals surface area contributed by atoms with Crippen LogP contribution in [0.5, 0.6) is 0 Å². The molecule has 0 spiro atoms. The van der Waals surface area contributed by atoms with Crippen LogP contribution in [-0.2, 0) is 9.47 Å². The number of morpholine rings is 1. The molecule has 0 bridgehead atoms. The van der Waals surface area contributed by atoms with E-state index in [2.05, 4.69) is 11.8 Å². The lowest BCUT2D eigenvalue weighted by atomic mass is 10.4. The van der Waals surface area contributed by atoms with Crippen molar-refractivity contribution in [1.29, 1.82) is 0 Å². The van der Waals surface area contributed by atoms with E-state index in [1.54, 1.807) is 7.11 Å². The molecule has 3 heteroatoms. The van der Waals surface area contributed by atoms with Crippen molar-refractivity contribution in [2.75, 3.05) is 33.4 Å². The van der Waals surface area contributed by atoms with Crippen LogP contribution in [0.2, 0.25) is 0 Å². The molecule has 1 atom stereocenters. The van der Waals surface area contributed by atoms with Gasteiger partial charge < -0.3 is 9.47 Å². The highest BCUT2D eigenvalue weighted by molar-refractivity contribution is 4.62. The van der Waals surface area contributed by atoms with Gasteiger partial charge in [-0.25, -0.2) is 0 Å². The second-order valence-electron chi connectivity index (χ2n) is 2.48. The van der Waals surface area contributed by atoms with Crippen molar-refractivity contribution in [1.82, 2.24) is 4.90 Å². The van der Waals surface area contributed by atoms with E-state index in [1.165, 1.54) is 0 Å². The molecular weight excluding hydrogens is 130 g/mol. The molecule has 10 heavy (non-hydrogen) atoms. The van der Waals surface area contributed by atoms with Gasteiger partial charge in [0, 0.05) is 20.2 Å². The van der Waals surface area contributed by atoms with Crippen LogP contribution in [0.1, 0.15) is 6.92 Å². The van der Waals surface area contributed by atoms with Crippen LogP contribution in [0.25, 0.3) is 0 Å². The van der Waals surface area contributed by atoms with Crippen molar-refractivity contribution in [3.8, 4) is 0 Å². The van der Waals surface area contributed by atoms with Gasteiger partial charge >= 0.3 is 0 Å². The van der Waals surface area contributed by atoms with E-state index in [9.17, 15) is 0 Å². The molecule has 60 valence electrons. The van der Waals surface area contributed by atoms with E-state index in [1.807, 2.05) is 0 Å². The molecule has 0 aromatic carbocycles. The van der Waals surface area contributed by atoms with Gasteiger partial charge in [0.25, 0.3) is 0 Å². The topological polar surface area (TPSA) is 21.7 Å². The summed E-state index contributed by atoms with van der Waals surface area (Å²) in [6.07, 6.45) is 0.240. The number of nitrogens with zero attached hydrogens (tertiary/aromatic N) is 1. The maximum Gasteiger partial charge on any atom is 0.107 e. The largest absolute Gasteiger partial charge is 0.379 e. The predicted molar refractivity (Wildman–Crippen MR) is 38.9 cm³/mol. The van der Waals surface area contributed by atoms with Gasteiger partial charge in [0.1, 0.15) is 6.23 Å². The third-order valence-electron chi connectivity index (χ3n) is 1.90. The van der Waals surface area contributed by atoms with Crippen LogP contribution >= 0.6 is 0 Å². The zero-order chi connectivity index (χ0) is 7.40. The monoisotopic (exact) mass is 145 g/mol. The highest BCUT2D eigenvalue weighted by atomic mass is 16.5. The lowest BCUT2D eigenvalue weighted by Gasteiger charge is -2.30. The molecule has 1 rings (SSSR count). The molecule has 1 fully saturated rings. The summed E-state index contributed by atoms with van der Waals surface area (Å²) in [4.78, 5) is 2.27. The third-order valence-corrected chi connectivity index (χ3v) is 1.90. The number of ether oxygens (including phenoxy) is 2. The van der Waals surface area contributed by atoms with Crippen molar-refractivity contribution in [2.24, 2.45) is 0 Å². The molecule has 0 radical (unpaired) electrons. The maximum atomic E-state index is 5.20. The summed E-state index contributed by atoms with van der Waals surface area (Å²) < 4.78 is 10.4. The van der Waals surface area contributed by atoms with Crippen LogP contribution in [-0.4, -0.2) is 44.5 Å². The predicted octanol–water partition coefficient (Wildman–Crippen LogP) is 0.311.